The monoisotopic (exact) mass is 332 g/mol. The van der Waals surface area contributed by atoms with Crippen LogP contribution in [0.3, 0.4) is 0 Å². The van der Waals surface area contributed by atoms with Crippen LogP contribution in [0.2, 0.25) is 0 Å². The van der Waals surface area contributed by atoms with E-state index in [2.05, 4.69) is 20.9 Å². The Labute approximate surface area is 117 Å². The number of aromatic nitrogens is 1. The molecule has 1 amide bonds. The fourth-order valence-corrected chi connectivity index (χ4v) is 2.44. The van der Waals surface area contributed by atoms with Crippen molar-refractivity contribution in [2.75, 3.05) is 17.3 Å². The molecule has 7 heteroatoms. The Kier molecular flexibility index (Phi) is 3.87. The van der Waals surface area contributed by atoms with Crippen molar-refractivity contribution in [3.05, 3.63) is 22.3 Å². The Morgan fingerprint density at radius 3 is 2.89 bits per heavy atom. The van der Waals surface area contributed by atoms with Gasteiger partial charge in [-0.3, -0.25) is 9.69 Å². The van der Waals surface area contributed by atoms with Crippen LogP contribution in [0, 0.1) is 5.92 Å². The van der Waals surface area contributed by atoms with Gasteiger partial charge < -0.3 is 5.11 Å². The lowest BCUT2D eigenvalue weighted by Gasteiger charge is -2.15. The maximum Gasteiger partial charge on any atom is 0.355 e. The summed E-state index contributed by atoms with van der Waals surface area (Å²) < 4.78 is 0.388. The smallest absolute Gasteiger partial charge is 0.355 e. The van der Waals surface area contributed by atoms with Crippen molar-refractivity contribution in [1.29, 1.82) is 0 Å². The van der Waals surface area contributed by atoms with Crippen molar-refractivity contribution in [1.82, 2.24) is 4.98 Å². The van der Waals surface area contributed by atoms with Gasteiger partial charge >= 0.3 is 5.97 Å². The number of amides is 1. The van der Waals surface area contributed by atoms with Gasteiger partial charge in [-0.25, -0.2) is 9.78 Å². The van der Waals surface area contributed by atoms with Gasteiger partial charge in [0.05, 0.1) is 4.47 Å². The molecule has 0 spiro atoms. The summed E-state index contributed by atoms with van der Waals surface area (Å²) in [6.07, 6.45) is 0.379. The van der Waals surface area contributed by atoms with E-state index in [4.69, 9.17) is 16.7 Å². The molecule has 1 aromatic heterocycles. The lowest BCUT2D eigenvalue weighted by Crippen LogP contribution is -2.26. The lowest BCUT2D eigenvalue weighted by molar-refractivity contribution is -0.117. The Balaban J connectivity index is 2.32. The summed E-state index contributed by atoms with van der Waals surface area (Å²) >= 11 is 8.84. The Morgan fingerprint density at radius 2 is 2.33 bits per heavy atom. The van der Waals surface area contributed by atoms with Gasteiger partial charge in [0.15, 0.2) is 5.69 Å². The standard InChI is InChI=1S/C11H10BrClN2O3/c12-7-1-2-8(14-10(7)11(17)18)15-5-6(4-13)3-9(15)16/h1-2,6H,3-5H2,(H,17,18). The van der Waals surface area contributed by atoms with Crippen LogP contribution in [0.15, 0.2) is 16.6 Å². The topological polar surface area (TPSA) is 70.5 Å². The van der Waals surface area contributed by atoms with Gasteiger partial charge in [-0.1, -0.05) is 0 Å². The quantitative estimate of drug-likeness (QED) is 0.860. The molecule has 1 unspecified atom stereocenters. The first-order valence-electron chi connectivity index (χ1n) is 5.29. The molecule has 2 heterocycles. The first-order valence-corrected chi connectivity index (χ1v) is 6.62. The molecule has 0 aliphatic carbocycles. The van der Waals surface area contributed by atoms with Crippen LogP contribution >= 0.6 is 27.5 Å². The van der Waals surface area contributed by atoms with Gasteiger partial charge in [0, 0.05) is 18.8 Å². The highest BCUT2D eigenvalue weighted by atomic mass is 79.9. The SMILES string of the molecule is O=C(O)c1nc(N2CC(CCl)CC2=O)ccc1Br. The third kappa shape index (κ3) is 2.49. The van der Waals surface area contributed by atoms with Crippen molar-refractivity contribution >= 4 is 45.2 Å². The Morgan fingerprint density at radius 1 is 1.61 bits per heavy atom. The minimum Gasteiger partial charge on any atom is -0.476 e. The van der Waals surface area contributed by atoms with Crippen molar-refractivity contribution in [2.45, 2.75) is 6.42 Å². The molecule has 5 nitrogen and oxygen atoms in total. The molecule has 1 fully saturated rings. The highest BCUT2D eigenvalue weighted by Gasteiger charge is 2.31. The van der Waals surface area contributed by atoms with Crippen LogP contribution < -0.4 is 4.90 Å². The molecule has 0 bridgehead atoms. The number of hydrogen-bond donors (Lipinski definition) is 1. The number of aromatic carboxylic acids is 1. The van der Waals surface area contributed by atoms with E-state index in [1.165, 1.54) is 4.90 Å². The average molecular weight is 334 g/mol. The van der Waals surface area contributed by atoms with E-state index in [1.54, 1.807) is 12.1 Å². The first-order chi connectivity index (χ1) is 8.52. The van der Waals surface area contributed by atoms with Crippen LogP contribution in [0.1, 0.15) is 16.9 Å². The minimum atomic E-state index is -1.13. The predicted molar refractivity (Wildman–Crippen MR) is 70.1 cm³/mol. The van der Waals surface area contributed by atoms with E-state index in [0.29, 0.717) is 29.1 Å². The molecular weight excluding hydrogens is 323 g/mol. The van der Waals surface area contributed by atoms with E-state index < -0.39 is 5.97 Å². The molecule has 1 aromatic rings. The van der Waals surface area contributed by atoms with Gasteiger partial charge in [-0.05, 0) is 34.0 Å². The number of pyridine rings is 1. The summed E-state index contributed by atoms with van der Waals surface area (Å²) in [5.41, 5.74) is -0.102. The number of nitrogens with zero attached hydrogens (tertiary/aromatic N) is 2. The number of anilines is 1. The van der Waals surface area contributed by atoms with Gasteiger partial charge in [0.1, 0.15) is 5.82 Å². The first kappa shape index (κ1) is 13.3. The zero-order valence-corrected chi connectivity index (χ0v) is 11.6. The maximum atomic E-state index is 11.8. The molecule has 1 atom stereocenters. The molecular formula is C11H10BrClN2O3. The highest BCUT2D eigenvalue weighted by molar-refractivity contribution is 9.10. The molecule has 2 rings (SSSR count). The van der Waals surface area contributed by atoms with E-state index in [1.807, 2.05) is 0 Å². The summed E-state index contributed by atoms with van der Waals surface area (Å²) in [5, 5.41) is 8.98. The summed E-state index contributed by atoms with van der Waals surface area (Å²) in [6, 6.07) is 3.19. The fourth-order valence-electron chi connectivity index (χ4n) is 1.84. The zero-order chi connectivity index (χ0) is 13.3. The molecule has 1 N–H and O–H groups in total. The second kappa shape index (κ2) is 5.24. The summed E-state index contributed by atoms with van der Waals surface area (Å²) in [7, 11) is 0. The Hall–Kier alpha value is -1.14. The van der Waals surface area contributed by atoms with E-state index in [9.17, 15) is 9.59 Å². The number of carbonyl (C=O) groups excluding carboxylic acids is 1. The largest absolute Gasteiger partial charge is 0.476 e. The van der Waals surface area contributed by atoms with E-state index >= 15 is 0 Å². The number of carboxylic acid groups (broad SMARTS) is 1. The van der Waals surface area contributed by atoms with Gasteiger partial charge in [-0.2, -0.15) is 0 Å². The molecule has 1 aliphatic heterocycles. The average Bonchev–Trinajstić information content (AvgIpc) is 2.71. The number of carboxylic acids is 1. The van der Waals surface area contributed by atoms with Crippen LogP contribution in [-0.2, 0) is 4.79 Å². The van der Waals surface area contributed by atoms with Crippen molar-refractivity contribution in [2.24, 2.45) is 5.92 Å². The van der Waals surface area contributed by atoms with E-state index in [0.717, 1.165) is 0 Å². The van der Waals surface area contributed by atoms with Gasteiger partial charge in [0.2, 0.25) is 5.91 Å². The van der Waals surface area contributed by atoms with Crippen LogP contribution in [0.5, 0.6) is 0 Å². The van der Waals surface area contributed by atoms with E-state index in [-0.39, 0.29) is 17.5 Å². The van der Waals surface area contributed by atoms with Crippen LogP contribution in [0.4, 0.5) is 5.82 Å². The Bertz CT molecular complexity index is 509. The molecule has 1 aliphatic rings. The number of halogens is 2. The normalized spacial score (nSPS) is 19.3. The lowest BCUT2D eigenvalue weighted by atomic mass is 10.1. The number of rotatable bonds is 3. The van der Waals surface area contributed by atoms with Gasteiger partial charge in [-0.15, -0.1) is 11.6 Å². The van der Waals surface area contributed by atoms with Crippen molar-refractivity contribution in [3.63, 3.8) is 0 Å². The highest BCUT2D eigenvalue weighted by Crippen LogP contribution is 2.26. The van der Waals surface area contributed by atoms with Crippen LogP contribution in [-0.4, -0.2) is 34.4 Å². The second-order valence-electron chi connectivity index (χ2n) is 4.03. The van der Waals surface area contributed by atoms with Crippen molar-refractivity contribution < 1.29 is 14.7 Å². The van der Waals surface area contributed by atoms with Crippen molar-refractivity contribution in [3.8, 4) is 0 Å². The summed E-state index contributed by atoms with van der Waals surface area (Å²) in [5.74, 6) is -0.355. The molecule has 0 aromatic carbocycles. The number of hydrogen-bond acceptors (Lipinski definition) is 3. The minimum absolute atomic E-state index is 0.0770. The maximum absolute atomic E-state index is 11.8. The fraction of sp³-hybridized carbons (Fsp3) is 0.364. The molecule has 18 heavy (non-hydrogen) atoms. The van der Waals surface area contributed by atoms with Gasteiger partial charge in [0.25, 0.3) is 0 Å². The summed E-state index contributed by atoms with van der Waals surface area (Å²) in [4.78, 5) is 28.2. The summed E-state index contributed by atoms with van der Waals surface area (Å²) in [6.45, 7) is 0.482. The van der Waals surface area contributed by atoms with Crippen LogP contribution in [0.25, 0.3) is 0 Å². The number of alkyl halides is 1. The molecule has 1 saturated heterocycles. The number of carbonyl (C=O) groups is 2. The molecule has 0 radical (unpaired) electrons. The molecule has 96 valence electrons. The third-order valence-electron chi connectivity index (χ3n) is 2.73. The zero-order valence-electron chi connectivity index (χ0n) is 9.27. The second-order valence-corrected chi connectivity index (χ2v) is 5.20. The third-order valence-corrected chi connectivity index (χ3v) is 3.81. The molecule has 0 saturated carbocycles. The predicted octanol–water partition coefficient (Wildman–Crippen LogP) is 2.13.